The molecule has 1 aliphatic heterocycles. The van der Waals surface area contributed by atoms with E-state index in [-0.39, 0.29) is 17.8 Å². The second-order valence-electron chi connectivity index (χ2n) is 7.26. The largest absolute Gasteiger partial charge is 0.450 e. The van der Waals surface area contributed by atoms with Crippen LogP contribution in [0.25, 0.3) is 11.3 Å². The van der Waals surface area contributed by atoms with E-state index in [1.165, 1.54) is 17.8 Å². The number of hydrogen-bond donors (Lipinski definition) is 0. The minimum absolute atomic E-state index is 0.195. The molecule has 3 rings (SSSR count). The fourth-order valence-electron chi connectivity index (χ4n) is 3.55. The summed E-state index contributed by atoms with van der Waals surface area (Å²) in [5, 5.41) is 1.61. The molecule has 1 aromatic heterocycles. The fraction of sp³-hybridized carbons (Fsp3) is 0.375. The quantitative estimate of drug-likeness (QED) is 0.432. The van der Waals surface area contributed by atoms with E-state index < -0.39 is 0 Å². The molecule has 0 saturated carbocycles. The Hall–Kier alpha value is -2.45. The van der Waals surface area contributed by atoms with Crippen molar-refractivity contribution in [2.45, 2.75) is 32.6 Å². The minimum Gasteiger partial charge on any atom is -0.450 e. The smallest absolute Gasteiger partial charge is 0.409 e. The van der Waals surface area contributed by atoms with Crippen LogP contribution in [0.2, 0.25) is 0 Å². The van der Waals surface area contributed by atoms with Crippen LogP contribution in [0.3, 0.4) is 0 Å². The monoisotopic (exact) mass is 473 g/mol. The Morgan fingerprint density at radius 2 is 2.12 bits per heavy atom. The van der Waals surface area contributed by atoms with E-state index in [4.69, 9.17) is 9.72 Å². The number of amides is 1. The topological polar surface area (TPSA) is 54.8 Å². The van der Waals surface area contributed by atoms with E-state index in [0.29, 0.717) is 36.0 Å². The highest BCUT2D eigenvalue weighted by atomic mass is 32.2. The molecular formula is C24H28FN3O2S2. The first-order valence-corrected chi connectivity index (χ1v) is 12.6. The maximum absolute atomic E-state index is 14.7. The zero-order valence-corrected chi connectivity index (χ0v) is 20.3. The van der Waals surface area contributed by atoms with Crippen molar-refractivity contribution in [2.75, 3.05) is 26.0 Å². The molecule has 1 saturated heterocycles. The Balaban J connectivity index is 1.99. The Morgan fingerprint density at radius 3 is 2.75 bits per heavy atom. The summed E-state index contributed by atoms with van der Waals surface area (Å²) < 4.78 is 19.8. The molecule has 0 unspecified atom stereocenters. The van der Waals surface area contributed by atoms with Crippen LogP contribution < -0.4 is 0 Å². The van der Waals surface area contributed by atoms with Crippen LogP contribution in [0.5, 0.6) is 0 Å². The Kier molecular flexibility index (Phi) is 8.64. The highest BCUT2D eigenvalue weighted by Gasteiger charge is 2.29. The maximum Gasteiger partial charge on any atom is 0.409 e. The summed E-state index contributed by atoms with van der Waals surface area (Å²) in [4.78, 5) is 24.2. The Bertz CT molecular complexity index is 1020. The average molecular weight is 474 g/mol. The molecule has 5 nitrogen and oxygen atoms in total. The third-order valence-electron chi connectivity index (χ3n) is 5.18. The van der Waals surface area contributed by atoms with Gasteiger partial charge in [0.1, 0.15) is 5.82 Å². The lowest BCUT2D eigenvalue weighted by molar-refractivity contribution is 0.0970. The third-order valence-corrected chi connectivity index (χ3v) is 6.98. The van der Waals surface area contributed by atoms with Gasteiger partial charge in [0.25, 0.3) is 0 Å². The van der Waals surface area contributed by atoms with E-state index in [1.807, 2.05) is 38.3 Å². The molecule has 1 fully saturated rings. The number of piperidine rings is 1. The van der Waals surface area contributed by atoms with Gasteiger partial charge < -0.3 is 9.64 Å². The molecule has 170 valence electrons. The van der Waals surface area contributed by atoms with Crippen LogP contribution in [0.1, 0.15) is 42.5 Å². The van der Waals surface area contributed by atoms with Crippen LogP contribution in [-0.4, -0.2) is 47.6 Å². The predicted molar refractivity (Wildman–Crippen MR) is 132 cm³/mol. The normalized spacial score (nSPS) is 15.4. The molecule has 1 aliphatic rings. The second-order valence-corrected chi connectivity index (χ2v) is 9.17. The summed E-state index contributed by atoms with van der Waals surface area (Å²) in [7, 11) is 0. The maximum atomic E-state index is 14.7. The van der Waals surface area contributed by atoms with Gasteiger partial charge in [0.15, 0.2) is 0 Å². The third kappa shape index (κ3) is 5.66. The van der Waals surface area contributed by atoms with E-state index in [9.17, 15) is 9.18 Å². The van der Waals surface area contributed by atoms with Crippen molar-refractivity contribution in [2.24, 2.45) is 4.99 Å². The zero-order valence-electron chi connectivity index (χ0n) is 18.6. The lowest BCUT2D eigenvalue weighted by Gasteiger charge is -2.30. The van der Waals surface area contributed by atoms with E-state index in [1.54, 1.807) is 28.4 Å². The van der Waals surface area contributed by atoms with Crippen LogP contribution >= 0.6 is 23.1 Å². The molecule has 0 aliphatic carbocycles. The number of carbonyl (C=O) groups excluding carboxylic acids is 1. The van der Waals surface area contributed by atoms with Crippen LogP contribution in [0, 0.1) is 5.82 Å². The molecule has 0 bridgehead atoms. The fourth-order valence-corrected chi connectivity index (χ4v) is 4.95. The van der Waals surface area contributed by atoms with E-state index in [2.05, 4.69) is 11.6 Å². The first kappa shape index (κ1) is 24.2. The molecule has 0 spiro atoms. The number of aliphatic imine (C=N–C) groups is 1. The van der Waals surface area contributed by atoms with Gasteiger partial charge in [-0.25, -0.2) is 19.2 Å². The van der Waals surface area contributed by atoms with Crippen molar-refractivity contribution in [1.82, 2.24) is 9.88 Å². The number of likely N-dealkylation sites (tertiary alicyclic amines) is 1. The molecule has 2 aromatic rings. The SMILES string of the molecule is C=C(/N=C(\C=C/C)c1sc(C2CCN(C(=O)OCC)CC2)nc1-c1ccccc1F)SC. The number of rotatable bonds is 7. The number of carbonyl (C=O) groups is 1. The molecule has 0 atom stereocenters. The number of hydrogen-bond acceptors (Lipinski definition) is 6. The summed E-state index contributed by atoms with van der Waals surface area (Å²) in [6, 6.07) is 6.68. The standard InChI is InChI=1S/C24H28FN3O2S2/c1-5-9-20(26-16(3)31-4)22-21(18-10-7-8-11-19(18)25)27-23(32-22)17-12-14-28(15-13-17)24(29)30-6-2/h5,7-11,17H,3,6,12-15H2,1-2,4H3/b9-5-,26-20+. The Labute approximate surface area is 197 Å². The summed E-state index contributed by atoms with van der Waals surface area (Å²) in [5.74, 6) is -0.119. The molecular weight excluding hydrogens is 445 g/mol. The molecule has 2 heterocycles. The minimum atomic E-state index is -0.314. The van der Waals surface area contributed by atoms with Gasteiger partial charge in [-0.2, -0.15) is 0 Å². The van der Waals surface area contributed by atoms with Gasteiger partial charge in [-0.1, -0.05) is 24.8 Å². The molecule has 0 N–H and O–H groups in total. The van der Waals surface area contributed by atoms with Gasteiger partial charge in [-0.3, -0.25) is 0 Å². The zero-order chi connectivity index (χ0) is 23.1. The van der Waals surface area contributed by atoms with Crippen molar-refractivity contribution >= 4 is 34.9 Å². The van der Waals surface area contributed by atoms with Crippen LogP contribution in [0.4, 0.5) is 9.18 Å². The number of aromatic nitrogens is 1. The van der Waals surface area contributed by atoms with Gasteiger partial charge in [-0.05, 0) is 51.2 Å². The summed E-state index contributed by atoms with van der Waals surface area (Å²) in [6.45, 7) is 9.32. The summed E-state index contributed by atoms with van der Waals surface area (Å²) in [6.07, 6.45) is 7.05. The number of nitrogens with zero attached hydrogens (tertiary/aromatic N) is 3. The predicted octanol–water partition coefficient (Wildman–Crippen LogP) is 6.48. The van der Waals surface area contributed by atoms with Crippen molar-refractivity contribution < 1.29 is 13.9 Å². The highest BCUT2D eigenvalue weighted by molar-refractivity contribution is 8.02. The van der Waals surface area contributed by atoms with E-state index in [0.717, 1.165) is 28.4 Å². The first-order chi connectivity index (χ1) is 15.5. The van der Waals surface area contributed by atoms with Gasteiger partial charge in [0.05, 0.1) is 32.9 Å². The van der Waals surface area contributed by atoms with Crippen molar-refractivity contribution in [3.63, 3.8) is 0 Å². The second kappa shape index (κ2) is 11.4. The number of allylic oxidation sites excluding steroid dienone is 2. The lowest BCUT2D eigenvalue weighted by Crippen LogP contribution is -2.38. The molecule has 0 radical (unpaired) electrons. The first-order valence-electron chi connectivity index (χ1n) is 10.6. The molecule has 1 amide bonds. The molecule has 1 aromatic carbocycles. The van der Waals surface area contributed by atoms with Crippen LogP contribution in [-0.2, 0) is 4.74 Å². The lowest BCUT2D eigenvalue weighted by atomic mass is 9.98. The van der Waals surface area contributed by atoms with Crippen molar-refractivity contribution in [1.29, 1.82) is 0 Å². The average Bonchev–Trinajstić information content (AvgIpc) is 3.24. The van der Waals surface area contributed by atoms with Crippen LogP contribution in [0.15, 0.2) is 53.0 Å². The van der Waals surface area contributed by atoms with Crippen molar-refractivity contribution in [3.05, 3.63) is 63.7 Å². The van der Waals surface area contributed by atoms with Crippen molar-refractivity contribution in [3.8, 4) is 11.3 Å². The number of thiazole rings is 1. The van der Waals surface area contributed by atoms with Gasteiger partial charge >= 0.3 is 6.09 Å². The van der Waals surface area contributed by atoms with Gasteiger partial charge in [0.2, 0.25) is 0 Å². The number of ether oxygens (including phenoxy) is 1. The molecule has 32 heavy (non-hydrogen) atoms. The summed E-state index contributed by atoms with van der Waals surface area (Å²) >= 11 is 3.01. The highest BCUT2D eigenvalue weighted by Crippen LogP contribution is 2.38. The Morgan fingerprint density at radius 1 is 1.41 bits per heavy atom. The van der Waals surface area contributed by atoms with E-state index >= 15 is 0 Å². The van der Waals surface area contributed by atoms with Gasteiger partial charge in [0, 0.05) is 24.6 Å². The van der Waals surface area contributed by atoms with Gasteiger partial charge in [-0.15, -0.1) is 23.1 Å². The number of halogens is 1. The molecule has 8 heteroatoms. The number of benzene rings is 1. The summed E-state index contributed by atoms with van der Waals surface area (Å²) in [5.41, 5.74) is 1.78. The number of thioether (sulfide) groups is 1.